The predicted molar refractivity (Wildman–Crippen MR) is 100 cm³/mol. The first-order valence-corrected chi connectivity index (χ1v) is 8.96. The number of likely N-dealkylation sites (N-methyl/N-ethyl adjacent to an activating group) is 1. The summed E-state index contributed by atoms with van der Waals surface area (Å²) in [4.78, 5) is 17.2. The van der Waals surface area contributed by atoms with E-state index >= 15 is 0 Å². The number of ether oxygens (including phenoxy) is 1. The van der Waals surface area contributed by atoms with E-state index in [4.69, 9.17) is 4.74 Å². The lowest BCUT2D eigenvalue weighted by atomic mass is 10.0. The maximum atomic E-state index is 12.4. The largest absolute Gasteiger partial charge is 0.494 e. The Balaban J connectivity index is 1.43. The zero-order chi connectivity index (χ0) is 17.5. The third-order valence-corrected chi connectivity index (χ3v) is 4.64. The summed E-state index contributed by atoms with van der Waals surface area (Å²) < 4.78 is 5.81. The Kier molecular flexibility index (Phi) is 6.20. The molecule has 25 heavy (non-hydrogen) atoms. The van der Waals surface area contributed by atoms with Crippen LogP contribution in [0.4, 0.5) is 0 Å². The molecule has 0 spiro atoms. The van der Waals surface area contributed by atoms with Gasteiger partial charge < -0.3 is 14.5 Å². The molecule has 4 heteroatoms. The van der Waals surface area contributed by atoms with Crippen LogP contribution >= 0.6 is 0 Å². The molecule has 0 bridgehead atoms. The molecular formula is C21H26N2O2. The second kappa shape index (κ2) is 8.79. The molecule has 132 valence electrons. The molecule has 0 aliphatic carbocycles. The van der Waals surface area contributed by atoms with Crippen molar-refractivity contribution in [2.24, 2.45) is 0 Å². The van der Waals surface area contributed by atoms with Crippen LogP contribution in [-0.2, 0) is 0 Å². The van der Waals surface area contributed by atoms with Crippen LogP contribution in [-0.4, -0.2) is 62.0 Å². The molecule has 3 rings (SSSR count). The molecule has 0 atom stereocenters. The molecule has 1 aliphatic rings. The van der Waals surface area contributed by atoms with Gasteiger partial charge in [-0.15, -0.1) is 0 Å². The van der Waals surface area contributed by atoms with Crippen molar-refractivity contribution >= 4 is 5.78 Å². The van der Waals surface area contributed by atoms with Crippen LogP contribution in [0.5, 0.6) is 5.75 Å². The van der Waals surface area contributed by atoms with Crippen molar-refractivity contribution in [3.8, 4) is 5.75 Å². The number of benzene rings is 2. The highest BCUT2D eigenvalue weighted by atomic mass is 16.5. The van der Waals surface area contributed by atoms with Gasteiger partial charge in [0.05, 0.1) is 6.61 Å². The van der Waals surface area contributed by atoms with Crippen LogP contribution in [0, 0.1) is 0 Å². The van der Waals surface area contributed by atoms with Gasteiger partial charge >= 0.3 is 0 Å². The molecular weight excluding hydrogens is 312 g/mol. The van der Waals surface area contributed by atoms with Gasteiger partial charge in [-0.05, 0) is 37.7 Å². The lowest BCUT2D eigenvalue weighted by molar-refractivity contribution is 0.103. The zero-order valence-electron chi connectivity index (χ0n) is 14.9. The van der Waals surface area contributed by atoms with E-state index < -0.39 is 0 Å². The smallest absolute Gasteiger partial charge is 0.193 e. The fourth-order valence-electron chi connectivity index (χ4n) is 3.01. The van der Waals surface area contributed by atoms with Gasteiger partial charge in [-0.25, -0.2) is 0 Å². The summed E-state index contributed by atoms with van der Waals surface area (Å²) in [7, 11) is 2.17. The Labute approximate surface area is 150 Å². The first-order valence-electron chi connectivity index (χ1n) is 8.96. The highest BCUT2D eigenvalue weighted by Crippen LogP contribution is 2.15. The van der Waals surface area contributed by atoms with Crippen LogP contribution in [0.1, 0.15) is 22.3 Å². The van der Waals surface area contributed by atoms with Gasteiger partial charge in [0.1, 0.15) is 5.75 Å². The van der Waals surface area contributed by atoms with Gasteiger partial charge in [-0.3, -0.25) is 4.79 Å². The van der Waals surface area contributed by atoms with Crippen LogP contribution in [0.25, 0.3) is 0 Å². The maximum absolute atomic E-state index is 12.4. The summed E-state index contributed by atoms with van der Waals surface area (Å²) in [6, 6.07) is 16.8. The average Bonchev–Trinajstić information content (AvgIpc) is 2.67. The first-order chi connectivity index (χ1) is 12.2. The van der Waals surface area contributed by atoms with Crippen LogP contribution < -0.4 is 4.74 Å². The standard InChI is InChI=1S/C21H26N2O2/c1-22-13-15-23(16-14-22)12-5-17-25-20-10-8-19(9-11-20)21(24)18-6-3-2-4-7-18/h2-4,6-11H,5,12-17H2,1H3. The van der Waals surface area contributed by atoms with E-state index in [0.29, 0.717) is 17.7 Å². The summed E-state index contributed by atoms with van der Waals surface area (Å²) in [5.74, 6) is 0.866. The minimum absolute atomic E-state index is 0.0437. The normalized spacial score (nSPS) is 15.9. The Morgan fingerprint density at radius 2 is 1.56 bits per heavy atom. The fourth-order valence-corrected chi connectivity index (χ4v) is 3.01. The molecule has 1 saturated heterocycles. The van der Waals surface area contributed by atoms with Crippen molar-refractivity contribution in [1.29, 1.82) is 0 Å². The van der Waals surface area contributed by atoms with Crippen molar-refractivity contribution < 1.29 is 9.53 Å². The second-order valence-electron chi connectivity index (χ2n) is 6.57. The first kappa shape index (κ1) is 17.6. The SMILES string of the molecule is CN1CCN(CCCOc2ccc(C(=O)c3ccccc3)cc2)CC1. The van der Waals surface area contributed by atoms with E-state index in [1.165, 1.54) is 0 Å². The lowest BCUT2D eigenvalue weighted by Crippen LogP contribution is -2.44. The molecule has 1 heterocycles. The Morgan fingerprint density at radius 1 is 0.920 bits per heavy atom. The van der Waals surface area contributed by atoms with E-state index in [1.54, 1.807) is 0 Å². The van der Waals surface area contributed by atoms with E-state index in [9.17, 15) is 4.79 Å². The lowest BCUT2D eigenvalue weighted by Gasteiger charge is -2.32. The van der Waals surface area contributed by atoms with Crippen molar-refractivity contribution in [3.63, 3.8) is 0 Å². The number of piperazine rings is 1. The van der Waals surface area contributed by atoms with E-state index in [-0.39, 0.29) is 5.78 Å². The molecule has 0 N–H and O–H groups in total. The van der Waals surface area contributed by atoms with Crippen molar-refractivity contribution in [2.45, 2.75) is 6.42 Å². The molecule has 1 aliphatic heterocycles. The van der Waals surface area contributed by atoms with Crippen molar-refractivity contribution in [3.05, 3.63) is 65.7 Å². The maximum Gasteiger partial charge on any atom is 0.193 e. The zero-order valence-corrected chi connectivity index (χ0v) is 14.9. The predicted octanol–water partition coefficient (Wildman–Crippen LogP) is 2.93. The molecule has 4 nitrogen and oxygen atoms in total. The summed E-state index contributed by atoms with van der Waals surface area (Å²) in [6.07, 6.45) is 1.02. The highest BCUT2D eigenvalue weighted by Gasteiger charge is 2.13. The van der Waals surface area contributed by atoms with Gasteiger partial charge in [0, 0.05) is 43.9 Å². The highest BCUT2D eigenvalue weighted by molar-refractivity contribution is 6.08. The minimum Gasteiger partial charge on any atom is -0.494 e. The third-order valence-electron chi connectivity index (χ3n) is 4.64. The molecule has 0 saturated carbocycles. The molecule has 0 radical (unpaired) electrons. The summed E-state index contributed by atoms with van der Waals surface area (Å²) in [5, 5.41) is 0. The van der Waals surface area contributed by atoms with Gasteiger partial charge in [-0.1, -0.05) is 30.3 Å². The summed E-state index contributed by atoms with van der Waals surface area (Å²) in [5.41, 5.74) is 1.40. The monoisotopic (exact) mass is 338 g/mol. The number of hydrogen-bond acceptors (Lipinski definition) is 4. The molecule has 0 aromatic heterocycles. The van der Waals surface area contributed by atoms with Crippen molar-refractivity contribution in [2.75, 3.05) is 46.4 Å². The quantitative estimate of drug-likeness (QED) is 0.574. The Bertz CT molecular complexity index is 662. The van der Waals surface area contributed by atoms with Gasteiger partial charge in [0.2, 0.25) is 0 Å². The number of carbonyl (C=O) groups is 1. The van der Waals surface area contributed by atoms with Gasteiger partial charge in [0.25, 0.3) is 0 Å². The van der Waals surface area contributed by atoms with E-state index in [2.05, 4.69) is 16.8 Å². The number of ketones is 1. The number of hydrogen-bond donors (Lipinski definition) is 0. The van der Waals surface area contributed by atoms with Crippen LogP contribution in [0.2, 0.25) is 0 Å². The summed E-state index contributed by atoms with van der Waals surface area (Å²) >= 11 is 0. The topological polar surface area (TPSA) is 32.8 Å². The second-order valence-corrected chi connectivity index (χ2v) is 6.57. The summed E-state index contributed by atoms with van der Waals surface area (Å²) in [6.45, 7) is 6.38. The Hall–Kier alpha value is -2.17. The van der Waals surface area contributed by atoms with E-state index in [1.807, 2.05) is 54.6 Å². The Morgan fingerprint density at radius 3 is 2.24 bits per heavy atom. The third kappa shape index (κ3) is 5.15. The number of carbonyl (C=O) groups excluding carboxylic acids is 1. The average molecular weight is 338 g/mol. The van der Waals surface area contributed by atoms with Crippen LogP contribution in [0.3, 0.4) is 0 Å². The molecule has 2 aromatic rings. The van der Waals surface area contributed by atoms with Crippen LogP contribution in [0.15, 0.2) is 54.6 Å². The molecule has 0 unspecified atom stereocenters. The minimum atomic E-state index is 0.0437. The van der Waals surface area contributed by atoms with Gasteiger partial charge in [-0.2, -0.15) is 0 Å². The number of rotatable bonds is 7. The molecule has 0 amide bonds. The van der Waals surface area contributed by atoms with Crippen molar-refractivity contribution in [1.82, 2.24) is 9.80 Å². The molecule has 1 fully saturated rings. The number of nitrogens with zero attached hydrogens (tertiary/aromatic N) is 2. The van der Waals surface area contributed by atoms with E-state index in [0.717, 1.165) is 44.9 Å². The fraction of sp³-hybridized carbons (Fsp3) is 0.381. The molecule has 2 aromatic carbocycles. The van der Waals surface area contributed by atoms with Gasteiger partial charge in [0.15, 0.2) is 5.78 Å².